The Bertz CT molecular complexity index is 242. The minimum absolute atomic E-state index is 0.272. The zero-order chi connectivity index (χ0) is 8.48. The Morgan fingerprint density at radius 3 is 2.73 bits per heavy atom. The maximum Gasteiger partial charge on any atom is 0.108 e. The van der Waals surface area contributed by atoms with Crippen molar-refractivity contribution in [3.05, 3.63) is 21.9 Å². The van der Waals surface area contributed by atoms with Crippen molar-refractivity contribution in [1.82, 2.24) is 0 Å². The van der Waals surface area contributed by atoms with Gasteiger partial charge in [-0.3, -0.25) is 0 Å². The van der Waals surface area contributed by atoms with Crippen LogP contribution in [-0.4, -0.2) is 11.7 Å². The van der Waals surface area contributed by atoms with Crippen molar-refractivity contribution in [1.29, 1.82) is 0 Å². The second-order valence-corrected chi connectivity index (χ2v) is 3.83. The third-order valence-electron chi connectivity index (χ3n) is 1.75. The number of aliphatic hydroxyl groups is 1. The molecule has 1 rings (SSSR count). The van der Waals surface area contributed by atoms with Crippen molar-refractivity contribution in [2.75, 3.05) is 6.54 Å². The third kappa shape index (κ3) is 1.61. The first-order valence-corrected chi connectivity index (χ1v) is 4.43. The molecule has 3 N–H and O–H groups in total. The highest BCUT2D eigenvalue weighted by Gasteiger charge is 2.23. The van der Waals surface area contributed by atoms with Crippen molar-refractivity contribution in [2.24, 2.45) is 5.73 Å². The van der Waals surface area contributed by atoms with Crippen LogP contribution in [0.15, 0.2) is 11.4 Å². The summed E-state index contributed by atoms with van der Waals surface area (Å²) < 4.78 is 0. The summed E-state index contributed by atoms with van der Waals surface area (Å²) in [6.07, 6.45) is 0. The molecule has 0 aliphatic carbocycles. The van der Waals surface area contributed by atoms with Gasteiger partial charge in [0.05, 0.1) is 0 Å². The molecule has 0 aliphatic rings. The molecule has 1 aromatic heterocycles. The molecule has 0 bridgehead atoms. The molecule has 11 heavy (non-hydrogen) atoms. The average Bonchev–Trinajstić information content (AvgIpc) is 2.36. The van der Waals surface area contributed by atoms with Gasteiger partial charge in [0.25, 0.3) is 0 Å². The van der Waals surface area contributed by atoms with Gasteiger partial charge in [-0.05, 0) is 30.9 Å². The maximum absolute atomic E-state index is 9.75. The Kier molecular flexibility index (Phi) is 2.32. The van der Waals surface area contributed by atoms with Crippen molar-refractivity contribution in [2.45, 2.75) is 19.4 Å². The van der Waals surface area contributed by atoms with Gasteiger partial charge in [0.15, 0.2) is 0 Å². The van der Waals surface area contributed by atoms with Crippen molar-refractivity contribution in [3.63, 3.8) is 0 Å². The molecular weight excluding hydrogens is 158 g/mol. The molecule has 0 aromatic carbocycles. The van der Waals surface area contributed by atoms with Crippen LogP contribution in [0.1, 0.15) is 17.4 Å². The Balaban J connectivity index is 3.00. The lowest BCUT2D eigenvalue weighted by Gasteiger charge is -2.20. The Morgan fingerprint density at radius 2 is 2.36 bits per heavy atom. The van der Waals surface area contributed by atoms with Crippen molar-refractivity contribution in [3.8, 4) is 0 Å². The highest BCUT2D eigenvalue weighted by molar-refractivity contribution is 7.10. The van der Waals surface area contributed by atoms with E-state index in [2.05, 4.69) is 0 Å². The van der Waals surface area contributed by atoms with Gasteiger partial charge in [0.2, 0.25) is 0 Å². The van der Waals surface area contributed by atoms with Crippen molar-refractivity contribution < 1.29 is 5.11 Å². The van der Waals surface area contributed by atoms with E-state index in [1.54, 1.807) is 18.3 Å². The van der Waals surface area contributed by atoms with E-state index >= 15 is 0 Å². The van der Waals surface area contributed by atoms with Gasteiger partial charge in [-0.2, -0.15) is 0 Å². The predicted molar refractivity (Wildman–Crippen MR) is 47.7 cm³/mol. The topological polar surface area (TPSA) is 46.2 Å². The maximum atomic E-state index is 9.75. The molecule has 0 fully saturated rings. The smallest absolute Gasteiger partial charge is 0.108 e. The van der Waals surface area contributed by atoms with E-state index in [0.29, 0.717) is 0 Å². The molecule has 0 saturated heterocycles. The van der Waals surface area contributed by atoms with E-state index in [1.165, 1.54) is 0 Å². The van der Waals surface area contributed by atoms with E-state index in [9.17, 15) is 5.11 Å². The van der Waals surface area contributed by atoms with Crippen LogP contribution in [0.3, 0.4) is 0 Å². The van der Waals surface area contributed by atoms with Crippen LogP contribution in [0.25, 0.3) is 0 Å². The Morgan fingerprint density at radius 1 is 1.73 bits per heavy atom. The number of rotatable bonds is 2. The Hall–Kier alpha value is -0.380. The first-order valence-electron chi connectivity index (χ1n) is 3.55. The molecular formula is C8H13NOS. The van der Waals surface area contributed by atoms with Gasteiger partial charge >= 0.3 is 0 Å². The number of thiophene rings is 1. The summed E-state index contributed by atoms with van der Waals surface area (Å²) in [5.41, 5.74) is 5.69. The molecule has 0 saturated carbocycles. The van der Waals surface area contributed by atoms with Gasteiger partial charge in [0.1, 0.15) is 5.60 Å². The highest BCUT2D eigenvalue weighted by Crippen LogP contribution is 2.27. The first kappa shape index (κ1) is 8.71. The van der Waals surface area contributed by atoms with E-state index in [0.717, 1.165) is 10.4 Å². The average molecular weight is 171 g/mol. The molecule has 0 amide bonds. The van der Waals surface area contributed by atoms with E-state index in [4.69, 9.17) is 5.73 Å². The molecule has 62 valence electrons. The number of hydrogen-bond acceptors (Lipinski definition) is 3. The van der Waals surface area contributed by atoms with E-state index in [1.807, 2.05) is 18.4 Å². The normalized spacial score (nSPS) is 16.4. The van der Waals surface area contributed by atoms with Gasteiger partial charge in [-0.15, -0.1) is 11.3 Å². The Labute approximate surface area is 70.7 Å². The van der Waals surface area contributed by atoms with Crippen LogP contribution >= 0.6 is 11.3 Å². The lowest BCUT2D eigenvalue weighted by Crippen LogP contribution is -2.30. The largest absolute Gasteiger partial charge is 0.383 e. The van der Waals surface area contributed by atoms with Crippen LogP contribution in [-0.2, 0) is 5.60 Å². The predicted octanol–water partition coefficient (Wildman–Crippen LogP) is 1.22. The molecule has 1 aromatic rings. The van der Waals surface area contributed by atoms with Crippen LogP contribution in [0.5, 0.6) is 0 Å². The van der Waals surface area contributed by atoms with Crippen LogP contribution in [0.4, 0.5) is 0 Å². The summed E-state index contributed by atoms with van der Waals surface area (Å²) >= 11 is 1.55. The summed E-state index contributed by atoms with van der Waals surface area (Å²) in [6, 6.07) is 1.99. The van der Waals surface area contributed by atoms with Crippen molar-refractivity contribution >= 4 is 11.3 Å². The fourth-order valence-corrected chi connectivity index (χ4v) is 2.02. The summed E-state index contributed by atoms with van der Waals surface area (Å²) in [4.78, 5) is 0.972. The summed E-state index contributed by atoms with van der Waals surface area (Å²) in [5, 5.41) is 11.7. The summed E-state index contributed by atoms with van der Waals surface area (Å²) in [5.74, 6) is 0. The van der Waals surface area contributed by atoms with E-state index in [-0.39, 0.29) is 6.54 Å². The molecule has 1 atom stereocenters. The molecule has 0 radical (unpaired) electrons. The zero-order valence-corrected chi connectivity index (χ0v) is 7.61. The molecule has 0 aliphatic heterocycles. The van der Waals surface area contributed by atoms with Crippen LogP contribution < -0.4 is 5.73 Å². The van der Waals surface area contributed by atoms with Crippen LogP contribution in [0.2, 0.25) is 0 Å². The zero-order valence-electron chi connectivity index (χ0n) is 6.79. The summed E-state index contributed by atoms with van der Waals surface area (Å²) in [7, 11) is 0. The number of aryl methyl sites for hydroxylation is 1. The van der Waals surface area contributed by atoms with Crippen LogP contribution in [0, 0.1) is 6.92 Å². The lowest BCUT2D eigenvalue weighted by atomic mass is 10.0. The molecule has 3 heteroatoms. The monoisotopic (exact) mass is 171 g/mol. The quantitative estimate of drug-likeness (QED) is 0.703. The van der Waals surface area contributed by atoms with Gasteiger partial charge < -0.3 is 10.8 Å². The van der Waals surface area contributed by atoms with E-state index < -0.39 is 5.60 Å². The minimum atomic E-state index is -0.849. The molecule has 1 heterocycles. The third-order valence-corrected chi connectivity index (χ3v) is 3.02. The molecule has 0 spiro atoms. The second-order valence-electron chi connectivity index (χ2n) is 2.91. The standard InChI is InChI=1S/C8H13NOS/c1-6-3-4-11-7(6)8(2,10)5-9/h3-4,10H,5,9H2,1-2H3. The lowest BCUT2D eigenvalue weighted by molar-refractivity contribution is 0.0701. The minimum Gasteiger partial charge on any atom is -0.383 e. The fourth-order valence-electron chi connectivity index (χ4n) is 1.02. The SMILES string of the molecule is Cc1ccsc1C(C)(O)CN. The number of hydrogen-bond donors (Lipinski definition) is 2. The first-order chi connectivity index (χ1) is 5.08. The fraction of sp³-hybridized carbons (Fsp3) is 0.500. The summed E-state index contributed by atoms with van der Waals surface area (Å²) in [6.45, 7) is 4.00. The van der Waals surface area contributed by atoms with Gasteiger partial charge in [0, 0.05) is 11.4 Å². The molecule has 1 unspecified atom stereocenters. The highest BCUT2D eigenvalue weighted by atomic mass is 32.1. The molecule has 2 nitrogen and oxygen atoms in total. The van der Waals surface area contributed by atoms with Gasteiger partial charge in [-0.25, -0.2) is 0 Å². The van der Waals surface area contributed by atoms with Gasteiger partial charge in [-0.1, -0.05) is 0 Å². The number of nitrogens with two attached hydrogens (primary N) is 1. The second kappa shape index (κ2) is 2.93.